The number of carbonyl (C=O) groups is 1. The summed E-state index contributed by atoms with van der Waals surface area (Å²) in [6.07, 6.45) is 1.08. The number of rotatable bonds is 3. The minimum atomic E-state index is -0.991. The van der Waals surface area contributed by atoms with E-state index >= 15 is 0 Å². The lowest BCUT2D eigenvalue weighted by Gasteiger charge is -2.34. The fourth-order valence-corrected chi connectivity index (χ4v) is 2.17. The molecule has 1 aromatic carbocycles. The smallest absolute Gasteiger partial charge is 0.256 e. The van der Waals surface area contributed by atoms with Crippen LogP contribution in [0.15, 0.2) is 18.2 Å². The van der Waals surface area contributed by atoms with Crippen molar-refractivity contribution in [1.29, 1.82) is 0 Å². The zero-order chi connectivity index (χ0) is 13.9. The molecular weight excluding hydrogens is 290 g/mol. The van der Waals surface area contributed by atoms with E-state index in [1.54, 1.807) is 0 Å². The first-order valence-corrected chi connectivity index (χ1v) is 6.10. The molecule has 0 radical (unpaired) electrons. The number of ether oxygens (including phenoxy) is 1. The molecule has 1 heterocycles. The van der Waals surface area contributed by atoms with Crippen molar-refractivity contribution in [1.82, 2.24) is 5.32 Å². The lowest BCUT2D eigenvalue weighted by atomic mass is 9.91. The Morgan fingerprint density at radius 2 is 1.95 bits per heavy atom. The maximum atomic E-state index is 13.1. The van der Waals surface area contributed by atoms with Gasteiger partial charge in [0.25, 0.3) is 5.91 Å². The number of benzene rings is 1. The standard InChI is InChI=1S/C13H16F2N2O2.ClH/c1-19-13(4-6-16-7-5-13)12(18)17-9-2-3-10(14)11(15)8-9;/h2-3,8,16H,4-7H2,1H3,(H,17,18);1H. The van der Waals surface area contributed by atoms with Gasteiger partial charge in [-0.1, -0.05) is 0 Å². The normalized spacial score (nSPS) is 17.1. The maximum absolute atomic E-state index is 13.1. The highest BCUT2D eigenvalue weighted by Crippen LogP contribution is 2.25. The first-order chi connectivity index (χ1) is 9.07. The van der Waals surface area contributed by atoms with Crippen molar-refractivity contribution in [3.63, 3.8) is 0 Å². The number of piperidine rings is 1. The van der Waals surface area contributed by atoms with Gasteiger partial charge in [-0.3, -0.25) is 4.79 Å². The summed E-state index contributed by atoms with van der Waals surface area (Å²) in [4.78, 5) is 12.2. The SMILES string of the molecule is COC1(C(=O)Nc2ccc(F)c(F)c2)CCNCC1.Cl. The second kappa shape index (κ2) is 6.97. The summed E-state index contributed by atoms with van der Waals surface area (Å²) < 4.78 is 31.2. The molecule has 4 nitrogen and oxygen atoms in total. The molecule has 1 amide bonds. The number of amides is 1. The van der Waals surface area contributed by atoms with Crippen LogP contribution in [0.2, 0.25) is 0 Å². The van der Waals surface area contributed by atoms with E-state index in [1.165, 1.54) is 13.2 Å². The molecule has 1 fully saturated rings. The van der Waals surface area contributed by atoms with Gasteiger partial charge in [-0.2, -0.15) is 0 Å². The Morgan fingerprint density at radius 3 is 2.50 bits per heavy atom. The number of halogens is 3. The summed E-state index contributed by atoms with van der Waals surface area (Å²) in [6, 6.07) is 3.26. The monoisotopic (exact) mass is 306 g/mol. The first-order valence-electron chi connectivity index (χ1n) is 6.10. The Labute approximate surface area is 122 Å². The molecule has 0 atom stereocenters. The molecule has 0 aromatic heterocycles. The van der Waals surface area contributed by atoms with Gasteiger partial charge in [-0.05, 0) is 38.1 Å². The van der Waals surface area contributed by atoms with Crippen molar-refractivity contribution in [3.05, 3.63) is 29.8 Å². The van der Waals surface area contributed by atoms with Crippen molar-refractivity contribution in [2.45, 2.75) is 18.4 Å². The van der Waals surface area contributed by atoms with Crippen molar-refractivity contribution in [2.75, 3.05) is 25.5 Å². The molecule has 1 aliphatic rings. The zero-order valence-electron chi connectivity index (χ0n) is 11.0. The van der Waals surface area contributed by atoms with Gasteiger partial charge in [-0.25, -0.2) is 8.78 Å². The van der Waals surface area contributed by atoms with Gasteiger partial charge in [0.2, 0.25) is 0 Å². The Morgan fingerprint density at radius 1 is 1.30 bits per heavy atom. The average molecular weight is 307 g/mol. The maximum Gasteiger partial charge on any atom is 0.256 e. The molecule has 7 heteroatoms. The summed E-state index contributed by atoms with van der Waals surface area (Å²) >= 11 is 0. The fourth-order valence-electron chi connectivity index (χ4n) is 2.17. The third kappa shape index (κ3) is 3.45. The van der Waals surface area contributed by atoms with Gasteiger partial charge in [0.15, 0.2) is 11.6 Å². The highest BCUT2D eigenvalue weighted by atomic mass is 35.5. The summed E-state index contributed by atoms with van der Waals surface area (Å²) in [5.41, 5.74) is -0.685. The summed E-state index contributed by atoms with van der Waals surface area (Å²) in [7, 11) is 1.48. The van der Waals surface area contributed by atoms with Crippen LogP contribution in [-0.2, 0) is 9.53 Å². The van der Waals surface area contributed by atoms with Crippen LogP contribution in [0.4, 0.5) is 14.5 Å². The van der Waals surface area contributed by atoms with Crippen LogP contribution in [0.25, 0.3) is 0 Å². The van der Waals surface area contributed by atoms with E-state index in [1.807, 2.05) is 0 Å². The predicted molar refractivity (Wildman–Crippen MR) is 74.1 cm³/mol. The van der Waals surface area contributed by atoms with Crippen molar-refractivity contribution < 1.29 is 18.3 Å². The first kappa shape index (κ1) is 16.8. The molecule has 0 saturated carbocycles. The minimum Gasteiger partial charge on any atom is -0.368 e. The molecule has 0 bridgehead atoms. The third-order valence-electron chi connectivity index (χ3n) is 3.39. The molecule has 1 aromatic rings. The van der Waals surface area contributed by atoms with Crippen LogP contribution in [0.1, 0.15) is 12.8 Å². The van der Waals surface area contributed by atoms with E-state index in [0.717, 1.165) is 12.1 Å². The van der Waals surface area contributed by atoms with Crippen LogP contribution in [0, 0.1) is 11.6 Å². The number of carbonyl (C=O) groups excluding carboxylic acids is 1. The van der Waals surface area contributed by atoms with E-state index in [9.17, 15) is 13.6 Å². The molecular formula is C13H17ClF2N2O2. The highest BCUT2D eigenvalue weighted by Gasteiger charge is 2.39. The summed E-state index contributed by atoms with van der Waals surface area (Å²) in [5.74, 6) is -2.27. The van der Waals surface area contributed by atoms with Gasteiger partial charge >= 0.3 is 0 Å². The molecule has 0 aliphatic carbocycles. The molecule has 1 aliphatic heterocycles. The molecule has 0 unspecified atom stereocenters. The quantitative estimate of drug-likeness (QED) is 0.899. The second-order valence-corrected chi connectivity index (χ2v) is 4.53. The minimum absolute atomic E-state index is 0. The van der Waals surface area contributed by atoms with Crippen LogP contribution < -0.4 is 10.6 Å². The molecule has 0 spiro atoms. The van der Waals surface area contributed by atoms with Gasteiger partial charge < -0.3 is 15.4 Å². The molecule has 112 valence electrons. The highest BCUT2D eigenvalue weighted by molar-refractivity contribution is 5.97. The van der Waals surface area contributed by atoms with Crippen LogP contribution in [-0.4, -0.2) is 31.7 Å². The number of nitrogens with one attached hydrogen (secondary N) is 2. The van der Waals surface area contributed by atoms with E-state index in [4.69, 9.17) is 4.74 Å². The molecule has 20 heavy (non-hydrogen) atoms. The largest absolute Gasteiger partial charge is 0.368 e. The van der Waals surface area contributed by atoms with Crippen molar-refractivity contribution in [3.8, 4) is 0 Å². The molecule has 2 rings (SSSR count). The number of anilines is 1. The zero-order valence-corrected chi connectivity index (χ0v) is 11.9. The molecule has 2 N–H and O–H groups in total. The summed E-state index contributed by atoms with van der Waals surface area (Å²) in [6.45, 7) is 1.36. The van der Waals surface area contributed by atoms with Gasteiger partial charge in [0.05, 0.1) is 0 Å². The van der Waals surface area contributed by atoms with E-state index in [2.05, 4.69) is 10.6 Å². The Bertz CT molecular complexity index is 479. The van der Waals surface area contributed by atoms with Gasteiger partial charge in [0, 0.05) is 18.9 Å². The van der Waals surface area contributed by atoms with Gasteiger partial charge in [0.1, 0.15) is 5.60 Å². The molecule has 1 saturated heterocycles. The van der Waals surface area contributed by atoms with E-state index in [0.29, 0.717) is 25.9 Å². The van der Waals surface area contributed by atoms with Gasteiger partial charge in [-0.15, -0.1) is 12.4 Å². The third-order valence-corrected chi connectivity index (χ3v) is 3.39. The Kier molecular flexibility index (Phi) is 5.86. The van der Waals surface area contributed by atoms with E-state index < -0.39 is 17.2 Å². The van der Waals surface area contributed by atoms with E-state index in [-0.39, 0.29) is 24.0 Å². The number of hydrogen-bond donors (Lipinski definition) is 2. The van der Waals surface area contributed by atoms with Crippen LogP contribution >= 0.6 is 12.4 Å². The topological polar surface area (TPSA) is 50.4 Å². The van der Waals surface area contributed by atoms with Crippen molar-refractivity contribution >= 4 is 24.0 Å². The predicted octanol–water partition coefficient (Wildman–Crippen LogP) is 2.09. The second-order valence-electron chi connectivity index (χ2n) is 4.53. The van der Waals surface area contributed by atoms with Crippen LogP contribution in [0.5, 0.6) is 0 Å². The Balaban J connectivity index is 0.00000200. The summed E-state index contributed by atoms with van der Waals surface area (Å²) in [5, 5.41) is 5.71. The van der Waals surface area contributed by atoms with Crippen molar-refractivity contribution in [2.24, 2.45) is 0 Å². The number of hydrogen-bond acceptors (Lipinski definition) is 3. The fraction of sp³-hybridized carbons (Fsp3) is 0.462. The lowest BCUT2D eigenvalue weighted by molar-refractivity contribution is -0.140. The lowest BCUT2D eigenvalue weighted by Crippen LogP contribution is -2.51. The average Bonchev–Trinajstić information content (AvgIpc) is 2.43. The Hall–Kier alpha value is -1.24. The van der Waals surface area contributed by atoms with Crippen LogP contribution in [0.3, 0.4) is 0 Å². The number of methoxy groups -OCH3 is 1.